The smallest absolute Gasteiger partial charge is 0.341 e. The first-order chi connectivity index (χ1) is 13.1. The number of amides is 1. The van der Waals surface area contributed by atoms with Crippen molar-refractivity contribution in [3.8, 4) is 22.1 Å². The third-order valence-corrected chi connectivity index (χ3v) is 4.16. The molecule has 138 valence electrons. The fourth-order valence-corrected chi connectivity index (χ4v) is 2.87. The molecule has 3 rings (SSSR count). The van der Waals surface area contributed by atoms with Gasteiger partial charge < -0.3 is 14.6 Å². The van der Waals surface area contributed by atoms with Gasteiger partial charge in [-0.1, -0.05) is 23.3 Å². The van der Waals surface area contributed by atoms with Crippen LogP contribution in [0.4, 0.5) is 5.13 Å². The van der Waals surface area contributed by atoms with Crippen LogP contribution >= 0.6 is 11.3 Å². The van der Waals surface area contributed by atoms with Gasteiger partial charge in [-0.25, -0.2) is 4.79 Å². The number of methoxy groups -OCH3 is 1. The molecule has 0 atom stereocenters. The Balaban J connectivity index is 1.83. The van der Waals surface area contributed by atoms with E-state index in [1.165, 1.54) is 6.20 Å². The van der Waals surface area contributed by atoms with Crippen molar-refractivity contribution < 1.29 is 24.2 Å². The SMILES string of the molecule is COc1ccccc1-c1cnccc1C(=O)Nc1nnc(OCC(=O)O)s1. The second-order valence-corrected chi connectivity index (χ2v) is 6.07. The van der Waals surface area contributed by atoms with E-state index in [4.69, 9.17) is 14.6 Å². The van der Waals surface area contributed by atoms with Crippen molar-refractivity contribution in [1.29, 1.82) is 0 Å². The first-order valence-corrected chi connectivity index (χ1v) is 8.47. The Morgan fingerprint density at radius 1 is 1.19 bits per heavy atom. The molecule has 27 heavy (non-hydrogen) atoms. The normalized spacial score (nSPS) is 10.3. The van der Waals surface area contributed by atoms with E-state index >= 15 is 0 Å². The molecule has 9 nitrogen and oxygen atoms in total. The summed E-state index contributed by atoms with van der Waals surface area (Å²) < 4.78 is 10.3. The zero-order valence-corrected chi connectivity index (χ0v) is 14.9. The maximum absolute atomic E-state index is 12.7. The van der Waals surface area contributed by atoms with Crippen LogP contribution in [0.1, 0.15) is 10.4 Å². The molecular weight excluding hydrogens is 372 g/mol. The summed E-state index contributed by atoms with van der Waals surface area (Å²) in [5.41, 5.74) is 1.69. The van der Waals surface area contributed by atoms with Gasteiger partial charge in [0.1, 0.15) is 5.75 Å². The number of hydrogen-bond donors (Lipinski definition) is 2. The number of carboxylic acids is 1. The monoisotopic (exact) mass is 386 g/mol. The number of nitrogens with zero attached hydrogens (tertiary/aromatic N) is 3. The number of pyridine rings is 1. The minimum atomic E-state index is -1.13. The summed E-state index contributed by atoms with van der Waals surface area (Å²) >= 11 is 0.927. The van der Waals surface area contributed by atoms with Crippen LogP contribution in [0.25, 0.3) is 11.1 Å². The fraction of sp³-hybridized carbons (Fsp3) is 0.118. The van der Waals surface area contributed by atoms with Crippen molar-refractivity contribution in [3.63, 3.8) is 0 Å². The number of rotatable bonds is 7. The average Bonchev–Trinajstić information content (AvgIpc) is 3.13. The second kappa shape index (κ2) is 8.23. The molecule has 0 aliphatic heterocycles. The topological polar surface area (TPSA) is 124 Å². The zero-order chi connectivity index (χ0) is 19.2. The first kappa shape index (κ1) is 18.3. The lowest BCUT2D eigenvalue weighted by Gasteiger charge is -2.11. The quantitative estimate of drug-likeness (QED) is 0.634. The summed E-state index contributed by atoms with van der Waals surface area (Å²) in [7, 11) is 1.55. The highest BCUT2D eigenvalue weighted by Gasteiger charge is 2.17. The summed E-state index contributed by atoms with van der Waals surface area (Å²) in [6.45, 7) is -0.537. The molecule has 2 N–H and O–H groups in total. The van der Waals surface area contributed by atoms with Gasteiger partial charge in [0.15, 0.2) is 6.61 Å². The lowest BCUT2D eigenvalue weighted by Crippen LogP contribution is -2.13. The van der Waals surface area contributed by atoms with Crippen LogP contribution in [-0.2, 0) is 4.79 Å². The van der Waals surface area contributed by atoms with E-state index in [9.17, 15) is 9.59 Å². The molecule has 10 heteroatoms. The molecule has 0 fully saturated rings. The molecule has 0 saturated carbocycles. The van der Waals surface area contributed by atoms with Crippen molar-refractivity contribution >= 4 is 28.3 Å². The highest BCUT2D eigenvalue weighted by molar-refractivity contribution is 7.17. The number of hydrogen-bond acceptors (Lipinski definition) is 8. The van der Waals surface area contributed by atoms with E-state index in [-0.39, 0.29) is 10.3 Å². The number of carbonyl (C=O) groups excluding carboxylic acids is 1. The van der Waals surface area contributed by atoms with Crippen molar-refractivity contribution in [2.24, 2.45) is 0 Å². The van der Waals surface area contributed by atoms with Gasteiger partial charge in [-0.05, 0) is 23.5 Å². The van der Waals surface area contributed by atoms with Crippen LogP contribution in [-0.4, -0.2) is 45.9 Å². The molecule has 0 saturated heterocycles. The van der Waals surface area contributed by atoms with Crippen molar-refractivity contribution in [2.45, 2.75) is 0 Å². The summed E-state index contributed by atoms with van der Waals surface area (Å²) in [5.74, 6) is -0.937. The van der Waals surface area contributed by atoms with Crippen molar-refractivity contribution in [3.05, 3.63) is 48.3 Å². The van der Waals surface area contributed by atoms with Gasteiger partial charge in [-0.2, -0.15) is 0 Å². The summed E-state index contributed by atoms with van der Waals surface area (Å²) in [6.07, 6.45) is 3.09. The van der Waals surface area contributed by atoms with Crippen LogP contribution in [0, 0.1) is 0 Å². The molecule has 0 aliphatic carbocycles. The van der Waals surface area contributed by atoms with E-state index < -0.39 is 18.5 Å². The third-order valence-electron chi connectivity index (χ3n) is 3.41. The summed E-state index contributed by atoms with van der Waals surface area (Å²) in [4.78, 5) is 27.3. The maximum atomic E-state index is 12.7. The second-order valence-electron chi connectivity index (χ2n) is 5.13. The average molecular weight is 386 g/mol. The minimum absolute atomic E-state index is 0.0485. The Kier molecular flexibility index (Phi) is 5.57. The molecular formula is C17H14N4O5S. The highest BCUT2D eigenvalue weighted by Crippen LogP contribution is 2.32. The van der Waals surface area contributed by atoms with Gasteiger partial charge in [-0.15, -0.1) is 5.10 Å². The lowest BCUT2D eigenvalue weighted by atomic mass is 10.0. The first-order valence-electron chi connectivity index (χ1n) is 7.65. The maximum Gasteiger partial charge on any atom is 0.341 e. The Bertz CT molecular complexity index is 975. The minimum Gasteiger partial charge on any atom is -0.496 e. The van der Waals surface area contributed by atoms with Crippen LogP contribution in [0.5, 0.6) is 10.9 Å². The van der Waals surface area contributed by atoms with Gasteiger partial charge in [0, 0.05) is 23.5 Å². The van der Waals surface area contributed by atoms with Crippen LogP contribution in [0.3, 0.4) is 0 Å². The predicted molar refractivity (Wildman–Crippen MR) is 97.2 cm³/mol. The molecule has 0 spiro atoms. The Morgan fingerprint density at radius 2 is 2.00 bits per heavy atom. The Hall–Kier alpha value is -3.53. The predicted octanol–water partition coefficient (Wildman–Crippen LogP) is 2.32. The summed E-state index contributed by atoms with van der Waals surface area (Å²) in [6, 6.07) is 8.87. The van der Waals surface area contributed by atoms with Gasteiger partial charge in [0.25, 0.3) is 11.1 Å². The molecule has 2 heterocycles. The van der Waals surface area contributed by atoms with Gasteiger partial charge in [0.05, 0.1) is 12.7 Å². The number of benzene rings is 1. The molecule has 2 aromatic heterocycles. The Labute approximate surface area is 157 Å². The van der Waals surface area contributed by atoms with Crippen molar-refractivity contribution in [1.82, 2.24) is 15.2 Å². The zero-order valence-electron chi connectivity index (χ0n) is 14.1. The number of para-hydroxylation sites is 1. The molecule has 1 aromatic carbocycles. The van der Waals surface area contributed by atoms with Crippen molar-refractivity contribution in [2.75, 3.05) is 19.0 Å². The van der Waals surface area contributed by atoms with Gasteiger partial charge in [0.2, 0.25) is 5.13 Å². The van der Waals surface area contributed by atoms with Crippen LogP contribution < -0.4 is 14.8 Å². The number of nitrogens with one attached hydrogen (secondary N) is 1. The third kappa shape index (κ3) is 4.36. The Morgan fingerprint density at radius 3 is 2.78 bits per heavy atom. The lowest BCUT2D eigenvalue weighted by molar-refractivity contribution is -0.139. The molecule has 0 unspecified atom stereocenters. The van der Waals surface area contributed by atoms with E-state index in [1.54, 1.807) is 25.4 Å². The highest BCUT2D eigenvalue weighted by atomic mass is 32.1. The van der Waals surface area contributed by atoms with Crippen LogP contribution in [0.2, 0.25) is 0 Å². The molecule has 3 aromatic rings. The molecule has 1 amide bonds. The number of aliphatic carboxylic acids is 1. The largest absolute Gasteiger partial charge is 0.496 e. The van der Waals surface area contributed by atoms with Gasteiger partial charge in [-0.3, -0.25) is 15.1 Å². The number of ether oxygens (including phenoxy) is 2. The number of carbonyl (C=O) groups is 2. The standard InChI is InChI=1S/C17H14N4O5S/c1-25-13-5-3-2-4-10(13)12-8-18-7-6-11(12)15(24)19-16-20-21-17(27-16)26-9-14(22)23/h2-8H,9H2,1H3,(H,22,23)(H,19,20,24). The van der Waals surface area contributed by atoms with E-state index in [0.717, 1.165) is 16.9 Å². The molecule has 0 bridgehead atoms. The van der Waals surface area contributed by atoms with Crippen LogP contribution in [0.15, 0.2) is 42.7 Å². The number of anilines is 1. The fourth-order valence-electron chi connectivity index (χ4n) is 2.28. The molecule has 0 aliphatic rings. The summed E-state index contributed by atoms with van der Waals surface area (Å²) in [5, 5.41) is 18.9. The van der Waals surface area contributed by atoms with E-state index in [1.807, 2.05) is 18.2 Å². The molecule has 0 radical (unpaired) electrons. The number of aromatic nitrogens is 3. The number of carboxylic acid groups (broad SMARTS) is 1. The van der Waals surface area contributed by atoms with Gasteiger partial charge >= 0.3 is 5.97 Å². The van der Waals surface area contributed by atoms with E-state index in [0.29, 0.717) is 16.9 Å². The van der Waals surface area contributed by atoms with E-state index in [2.05, 4.69) is 20.5 Å².